The van der Waals surface area contributed by atoms with Crippen LogP contribution >= 0.6 is 0 Å². The Labute approximate surface area is 224 Å². The zero-order chi connectivity index (χ0) is 27.0. The number of likely N-dealkylation sites (tertiary alicyclic amines) is 1. The largest absolute Gasteiger partial charge is 0.490 e. The molecule has 0 spiro atoms. The summed E-state index contributed by atoms with van der Waals surface area (Å²) in [5, 5.41) is 19.8. The quantitative estimate of drug-likeness (QED) is 0.218. The summed E-state index contributed by atoms with van der Waals surface area (Å²) in [6.45, 7) is 5.09. The van der Waals surface area contributed by atoms with E-state index < -0.39 is 5.91 Å². The highest BCUT2D eigenvalue weighted by molar-refractivity contribution is 5.95. The van der Waals surface area contributed by atoms with Crippen LogP contribution in [-0.2, 0) is 13.2 Å². The van der Waals surface area contributed by atoms with Crippen molar-refractivity contribution >= 4 is 17.9 Å². The molecule has 202 valence electrons. The van der Waals surface area contributed by atoms with Crippen LogP contribution in [0.3, 0.4) is 0 Å². The number of ether oxygens (including phenoxy) is 2. The molecule has 0 saturated carbocycles. The molecule has 1 aliphatic heterocycles. The van der Waals surface area contributed by atoms with Crippen molar-refractivity contribution in [1.82, 2.24) is 35.6 Å². The molecule has 1 aliphatic rings. The normalized spacial score (nSPS) is 13.7. The van der Waals surface area contributed by atoms with Gasteiger partial charge in [0.1, 0.15) is 12.3 Å². The minimum atomic E-state index is -0.527. The Morgan fingerprint density at radius 3 is 2.69 bits per heavy atom. The van der Waals surface area contributed by atoms with E-state index in [1.807, 2.05) is 49.4 Å². The zero-order valence-corrected chi connectivity index (χ0v) is 21.5. The number of benzene rings is 2. The van der Waals surface area contributed by atoms with Crippen molar-refractivity contribution in [2.75, 3.05) is 25.4 Å². The summed E-state index contributed by atoms with van der Waals surface area (Å²) in [4.78, 5) is 15.5. The lowest BCUT2D eigenvalue weighted by molar-refractivity contribution is 0.0945. The minimum Gasteiger partial charge on any atom is -0.490 e. The fourth-order valence-electron chi connectivity index (χ4n) is 4.23. The maximum atomic E-state index is 13.3. The number of amides is 1. The summed E-state index contributed by atoms with van der Waals surface area (Å²) in [5.41, 5.74) is 10.8. The van der Waals surface area contributed by atoms with E-state index in [4.69, 9.17) is 19.8 Å². The Morgan fingerprint density at radius 1 is 1.13 bits per heavy atom. The van der Waals surface area contributed by atoms with Gasteiger partial charge in [0, 0.05) is 6.54 Å². The highest BCUT2D eigenvalue weighted by Gasteiger charge is 2.26. The predicted octanol–water partition coefficient (Wildman–Crippen LogP) is 2.57. The first-order valence-electron chi connectivity index (χ1n) is 12.6. The molecule has 2 aromatic heterocycles. The Morgan fingerprint density at radius 2 is 1.95 bits per heavy atom. The van der Waals surface area contributed by atoms with Crippen molar-refractivity contribution in [2.24, 2.45) is 5.10 Å². The van der Waals surface area contributed by atoms with Crippen LogP contribution in [0.15, 0.2) is 58.3 Å². The number of nitrogens with two attached hydrogens (primary N) is 1. The van der Waals surface area contributed by atoms with E-state index in [0.29, 0.717) is 42.5 Å². The standard InChI is InChI=1S/C26H29N9O4/c1-2-37-22-14-19(10-11-21(22)38-17-18-8-4-3-5-9-18)15-28-30-26(36)23-20(16-34-12-6-7-13-34)29-33-35(23)25-24(27)31-39-32-25/h3-5,8-11,14-15H,2,6-7,12-13,16-17H2,1H3,(H2,27,31)(H,30,36)/b28-15+. The molecule has 4 aromatic rings. The SMILES string of the molecule is CCOc1cc(/C=N/NC(=O)c2c(CN3CCCC3)nnn2-c2nonc2N)ccc1OCc1ccccc1. The fourth-order valence-corrected chi connectivity index (χ4v) is 4.23. The van der Waals surface area contributed by atoms with Crippen LogP contribution in [-0.4, -0.2) is 62.0 Å². The lowest BCUT2D eigenvalue weighted by Crippen LogP contribution is -2.26. The summed E-state index contributed by atoms with van der Waals surface area (Å²) in [5.74, 6) is 0.732. The third kappa shape index (κ3) is 6.21. The van der Waals surface area contributed by atoms with Gasteiger partial charge in [0.25, 0.3) is 5.91 Å². The van der Waals surface area contributed by atoms with Gasteiger partial charge in [0.05, 0.1) is 12.8 Å². The van der Waals surface area contributed by atoms with Crippen LogP contribution in [0.1, 0.15) is 47.1 Å². The van der Waals surface area contributed by atoms with E-state index in [9.17, 15) is 4.79 Å². The molecule has 3 heterocycles. The van der Waals surface area contributed by atoms with Gasteiger partial charge in [-0.15, -0.1) is 5.10 Å². The molecule has 0 aliphatic carbocycles. The number of aromatic nitrogens is 5. The van der Waals surface area contributed by atoms with Gasteiger partial charge in [-0.25, -0.2) is 10.1 Å². The third-order valence-electron chi connectivity index (χ3n) is 6.11. The van der Waals surface area contributed by atoms with Gasteiger partial charge in [-0.05, 0) is 72.5 Å². The third-order valence-corrected chi connectivity index (χ3v) is 6.11. The molecule has 1 saturated heterocycles. The number of hydrogen-bond donors (Lipinski definition) is 2. The van der Waals surface area contributed by atoms with Crippen LogP contribution in [0.25, 0.3) is 5.82 Å². The van der Waals surface area contributed by atoms with E-state index in [-0.39, 0.29) is 17.3 Å². The van der Waals surface area contributed by atoms with Crippen LogP contribution in [0.5, 0.6) is 11.5 Å². The van der Waals surface area contributed by atoms with Gasteiger partial charge in [0.15, 0.2) is 17.2 Å². The lowest BCUT2D eigenvalue weighted by Gasteiger charge is -2.13. The van der Waals surface area contributed by atoms with Crippen LogP contribution < -0.4 is 20.6 Å². The van der Waals surface area contributed by atoms with Crippen molar-refractivity contribution < 1.29 is 18.9 Å². The van der Waals surface area contributed by atoms with Crippen molar-refractivity contribution in [2.45, 2.75) is 32.9 Å². The summed E-state index contributed by atoms with van der Waals surface area (Å²) in [7, 11) is 0. The van der Waals surface area contributed by atoms with Crippen molar-refractivity contribution in [3.63, 3.8) is 0 Å². The Kier molecular flexibility index (Phi) is 8.07. The monoisotopic (exact) mass is 531 g/mol. The number of hydrogen-bond acceptors (Lipinski definition) is 11. The summed E-state index contributed by atoms with van der Waals surface area (Å²) in [6, 6.07) is 15.3. The topological polar surface area (TPSA) is 159 Å². The second kappa shape index (κ2) is 12.2. The summed E-state index contributed by atoms with van der Waals surface area (Å²) < 4.78 is 17.6. The second-order valence-corrected chi connectivity index (χ2v) is 8.87. The van der Waals surface area contributed by atoms with Crippen LogP contribution in [0, 0.1) is 0 Å². The smallest absolute Gasteiger partial charge is 0.292 e. The molecule has 0 radical (unpaired) electrons. The lowest BCUT2D eigenvalue weighted by atomic mass is 10.2. The first kappa shape index (κ1) is 25.9. The molecule has 39 heavy (non-hydrogen) atoms. The Balaban J connectivity index is 1.31. The number of carbonyl (C=O) groups is 1. The van der Waals surface area contributed by atoms with Gasteiger partial charge < -0.3 is 15.2 Å². The van der Waals surface area contributed by atoms with Crippen LogP contribution in [0.4, 0.5) is 5.82 Å². The molecule has 13 nitrogen and oxygen atoms in total. The summed E-state index contributed by atoms with van der Waals surface area (Å²) >= 11 is 0. The van der Waals surface area contributed by atoms with Gasteiger partial charge in [-0.2, -0.15) is 9.78 Å². The van der Waals surface area contributed by atoms with Crippen molar-refractivity contribution in [3.8, 4) is 17.3 Å². The van der Waals surface area contributed by atoms with Gasteiger partial charge in [0.2, 0.25) is 11.6 Å². The highest BCUT2D eigenvalue weighted by Crippen LogP contribution is 2.29. The second-order valence-electron chi connectivity index (χ2n) is 8.87. The number of anilines is 1. The molecule has 0 unspecified atom stereocenters. The van der Waals surface area contributed by atoms with E-state index in [1.165, 1.54) is 10.9 Å². The summed E-state index contributed by atoms with van der Waals surface area (Å²) in [6.07, 6.45) is 3.71. The van der Waals surface area contributed by atoms with Gasteiger partial charge in [-0.1, -0.05) is 35.5 Å². The number of nitrogens with zero attached hydrogens (tertiary/aromatic N) is 7. The molecule has 13 heteroatoms. The Bertz CT molecular complexity index is 1430. The van der Waals surface area contributed by atoms with E-state index in [1.54, 1.807) is 6.07 Å². The van der Waals surface area contributed by atoms with Crippen molar-refractivity contribution in [3.05, 3.63) is 71.0 Å². The molecule has 0 atom stereocenters. The van der Waals surface area contributed by atoms with E-state index >= 15 is 0 Å². The van der Waals surface area contributed by atoms with Crippen molar-refractivity contribution in [1.29, 1.82) is 0 Å². The molecule has 0 bridgehead atoms. The molecule has 1 fully saturated rings. The molecular weight excluding hydrogens is 502 g/mol. The minimum absolute atomic E-state index is 0.0109. The van der Waals surface area contributed by atoms with E-state index in [2.05, 4.69) is 36.1 Å². The number of rotatable bonds is 11. The molecule has 3 N–H and O–H groups in total. The number of nitrogens with one attached hydrogen (secondary N) is 1. The average molecular weight is 532 g/mol. The first-order valence-corrected chi connectivity index (χ1v) is 12.6. The Hall–Kier alpha value is -4.78. The van der Waals surface area contributed by atoms with Crippen LogP contribution in [0.2, 0.25) is 0 Å². The molecule has 1 amide bonds. The van der Waals surface area contributed by atoms with E-state index in [0.717, 1.165) is 31.5 Å². The maximum Gasteiger partial charge on any atom is 0.292 e. The fraction of sp³-hybridized carbons (Fsp3) is 0.308. The number of carbonyl (C=O) groups excluding carboxylic acids is 1. The average Bonchev–Trinajstić information content (AvgIpc) is 3.71. The van der Waals surface area contributed by atoms with Gasteiger partial charge in [-0.3, -0.25) is 9.69 Å². The first-order chi connectivity index (χ1) is 19.1. The highest BCUT2D eigenvalue weighted by atomic mass is 16.6. The maximum absolute atomic E-state index is 13.3. The van der Waals surface area contributed by atoms with Gasteiger partial charge >= 0.3 is 0 Å². The number of hydrazone groups is 1. The zero-order valence-electron chi connectivity index (χ0n) is 21.5. The molecule has 2 aromatic carbocycles. The molecular formula is C26H29N9O4. The number of nitrogen functional groups attached to an aromatic ring is 1. The predicted molar refractivity (Wildman–Crippen MR) is 142 cm³/mol. The molecule has 5 rings (SSSR count).